The molecule has 3 heteroatoms. The molecule has 17 heavy (non-hydrogen) atoms. The van der Waals surface area contributed by atoms with E-state index in [0.717, 1.165) is 0 Å². The first-order chi connectivity index (χ1) is 8.00. The molecule has 2 unspecified atom stereocenters. The number of hydrogen-bond acceptors (Lipinski definition) is 1. The quantitative estimate of drug-likeness (QED) is 0.847. The van der Waals surface area contributed by atoms with Crippen molar-refractivity contribution in [1.82, 2.24) is 5.32 Å². The zero-order valence-corrected chi connectivity index (χ0v) is 10.6. The Morgan fingerprint density at radius 1 is 1.18 bits per heavy atom. The standard InChI is InChI=1S/C14H19F2N/c1-8-4-7-12(14(16)13(8)15)9(2)10(3)17-11-5-6-11/h4,7,9-11,17H,5-6H2,1-3H3. The number of hydrogen-bond donors (Lipinski definition) is 1. The first-order valence-electron chi connectivity index (χ1n) is 6.21. The van der Waals surface area contributed by atoms with Crippen molar-refractivity contribution in [2.75, 3.05) is 0 Å². The fourth-order valence-corrected chi connectivity index (χ4v) is 2.05. The minimum atomic E-state index is -0.715. The van der Waals surface area contributed by atoms with Crippen molar-refractivity contribution >= 4 is 0 Å². The number of halogens is 2. The molecule has 1 nitrogen and oxygen atoms in total. The van der Waals surface area contributed by atoms with E-state index in [9.17, 15) is 8.78 Å². The fourth-order valence-electron chi connectivity index (χ4n) is 2.05. The molecule has 1 aliphatic carbocycles. The second-order valence-electron chi connectivity index (χ2n) is 5.12. The fraction of sp³-hybridized carbons (Fsp3) is 0.571. The molecule has 1 N–H and O–H groups in total. The molecule has 0 spiro atoms. The average Bonchev–Trinajstić information content (AvgIpc) is 3.09. The third-order valence-corrected chi connectivity index (χ3v) is 3.62. The van der Waals surface area contributed by atoms with Gasteiger partial charge >= 0.3 is 0 Å². The number of benzene rings is 1. The zero-order chi connectivity index (χ0) is 12.6. The Balaban J connectivity index is 2.17. The van der Waals surface area contributed by atoms with E-state index in [0.29, 0.717) is 17.2 Å². The lowest BCUT2D eigenvalue weighted by atomic mass is 9.93. The van der Waals surface area contributed by atoms with Crippen LogP contribution in [0, 0.1) is 18.6 Å². The highest BCUT2D eigenvalue weighted by atomic mass is 19.2. The summed E-state index contributed by atoms with van der Waals surface area (Å²) >= 11 is 0. The highest BCUT2D eigenvalue weighted by molar-refractivity contribution is 5.28. The molecule has 1 saturated carbocycles. The lowest BCUT2D eigenvalue weighted by molar-refractivity contribution is 0.441. The summed E-state index contributed by atoms with van der Waals surface area (Å²) in [6, 6.07) is 4.09. The van der Waals surface area contributed by atoms with Gasteiger partial charge in [0.05, 0.1) is 0 Å². The molecule has 94 valence electrons. The third-order valence-electron chi connectivity index (χ3n) is 3.62. The minimum Gasteiger partial charge on any atom is -0.311 e. The number of rotatable bonds is 4. The van der Waals surface area contributed by atoms with Gasteiger partial charge in [-0.25, -0.2) is 8.78 Å². The Morgan fingerprint density at radius 3 is 2.41 bits per heavy atom. The van der Waals surface area contributed by atoms with Gasteiger partial charge in [-0.05, 0) is 43.7 Å². The Morgan fingerprint density at radius 2 is 1.82 bits per heavy atom. The summed E-state index contributed by atoms with van der Waals surface area (Å²) in [5, 5.41) is 3.42. The van der Waals surface area contributed by atoms with Crippen LogP contribution in [-0.4, -0.2) is 12.1 Å². The van der Waals surface area contributed by atoms with Crippen molar-refractivity contribution in [3.63, 3.8) is 0 Å². The SMILES string of the molecule is Cc1ccc(C(C)C(C)NC2CC2)c(F)c1F. The lowest BCUT2D eigenvalue weighted by Gasteiger charge is -2.22. The predicted molar refractivity (Wildman–Crippen MR) is 65.1 cm³/mol. The lowest BCUT2D eigenvalue weighted by Crippen LogP contribution is -2.33. The first kappa shape index (κ1) is 12.5. The normalized spacial score (nSPS) is 19.1. The van der Waals surface area contributed by atoms with Crippen LogP contribution in [0.1, 0.15) is 43.7 Å². The summed E-state index contributed by atoms with van der Waals surface area (Å²) in [4.78, 5) is 0. The summed E-state index contributed by atoms with van der Waals surface area (Å²) in [5.74, 6) is -1.43. The second-order valence-corrected chi connectivity index (χ2v) is 5.12. The van der Waals surface area contributed by atoms with Gasteiger partial charge in [0.25, 0.3) is 0 Å². The van der Waals surface area contributed by atoms with Crippen LogP contribution in [0.4, 0.5) is 8.78 Å². The van der Waals surface area contributed by atoms with Gasteiger partial charge in [-0.3, -0.25) is 0 Å². The Labute approximate surface area is 101 Å². The van der Waals surface area contributed by atoms with E-state index in [-0.39, 0.29) is 12.0 Å². The van der Waals surface area contributed by atoms with Gasteiger partial charge < -0.3 is 5.32 Å². The zero-order valence-electron chi connectivity index (χ0n) is 10.6. The highest BCUT2D eigenvalue weighted by Crippen LogP contribution is 2.28. The van der Waals surface area contributed by atoms with Crippen molar-refractivity contribution in [2.45, 2.75) is 51.6 Å². The third kappa shape index (κ3) is 2.65. The van der Waals surface area contributed by atoms with E-state index >= 15 is 0 Å². The van der Waals surface area contributed by atoms with Crippen molar-refractivity contribution < 1.29 is 8.78 Å². The molecule has 1 fully saturated rings. The van der Waals surface area contributed by atoms with Crippen LogP contribution in [-0.2, 0) is 0 Å². The molecule has 0 bridgehead atoms. The molecule has 2 atom stereocenters. The van der Waals surface area contributed by atoms with E-state index < -0.39 is 11.6 Å². The van der Waals surface area contributed by atoms with E-state index in [2.05, 4.69) is 5.32 Å². The van der Waals surface area contributed by atoms with Gasteiger partial charge in [0.15, 0.2) is 11.6 Å². The molecule has 0 saturated heterocycles. The summed E-state index contributed by atoms with van der Waals surface area (Å²) in [5.41, 5.74) is 0.829. The van der Waals surface area contributed by atoms with Crippen LogP contribution < -0.4 is 5.32 Å². The molecule has 2 rings (SSSR count). The van der Waals surface area contributed by atoms with Crippen LogP contribution in [0.2, 0.25) is 0 Å². The molecular weight excluding hydrogens is 220 g/mol. The molecule has 0 amide bonds. The topological polar surface area (TPSA) is 12.0 Å². The van der Waals surface area contributed by atoms with Crippen LogP contribution in [0.15, 0.2) is 12.1 Å². The predicted octanol–water partition coefficient (Wildman–Crippen LogP) is 3.52. The summed E-state index contributed by atoms with van der Waals surface area (Å²) in [6.07, 6.45) is 2.39. The number of aryl methyl sites for hydroxylation is 1. The van der Waals surface area contributed by atoms with Crippen LogP contribution in [0.25, 0.3) is 0 Å². The smallest absolute Gasteiger partial charge is 0.162 e. The van der Waals surface area contributed by atoms with Gasteiger partial charge in [0.1, 0.15) is 0 Å². The molecule has 1 aliphatic rings. The van der Waals surface area contributed by atoms with E-state index in [1.807, 2.05) is 13.8 Å². The summed E-state index contributed by atoms with van der Waals surface area (Å²) in [6.45, 7) is 5.55. The van der Waals surface area contributed by atoms with Crippen LogP contribution in [0.3, 0.4) is 0 Å². The van der Waals surface area contributed by atoms with Crippen molar-refractivity contribution in [3.05, 3.63) is 34.9 Å². The van der Waals surface area contributed by atoms with Crippen LogP contribution >= 0.6 is 0 Å². The maximum absolute atomic E-state index is 13.8. The van der Waals surface area contributed by atoms with Gasteiger partial charge in [-0.15, -0.1) is 0 Å². The van der Waals surface area contributed by atoms with Gasteiger partial charge in [-0.2, -0.15) is 0 Å². The largest absolute Gasteiger partial charge is 0.311 e. The molecule has 0 aromatic heterocycles. The Bertz CT molecular complexity index is 413. The van der Waals surface area contributed by atoms with E-state index in [4.69, 9.17) is 0 Å². The minimum absolute atomic E-state index is 0.0225. The van der Waals surface area contributed by atoms with Gasteiger partial charge in [0.2, 0.25) is 0 Å². The van der Waals surface area contributed by atoms with E-state index in [1.165, 1.54) is 12.8 Å². The highest BCUT2D eigenvalue weighted by Gasteiger charge is 2.27. The summed E-state index contributed by atoms with van der Waals surface area (Å²) in [7, 11) is 0. The van der Waals surface area contributed by atoms with E-state index in [1.54, 1.807) is 19.1 Å². The van der Waals surface area contributed by atoms with Gasteiger partial charge in [0, 0.05) is 12.1 Å². The number of nitrogens with one attached hydrogen (secondary N) is 1. The monoisotopic (exact) mass is 239 g/mol. The van der Waals surface area contributed by atoms with Crippen LogP contribution in [0.5, 0.6) is 0 Å². The summed E-state index contributed by atoms with van der Waals surface area (Å²) < 4.78 is 27.3. The molecular formula is C14H19F2N. The van der Waals surface area contributed by atoms with Gasteiger partial charge in [-0.1, -0.05) is 19.1 Å². The van der Waals surface area contributed by atoms with Crippen molar-refractivity contribution in [2.24, 2.45) is 0 Å². The molecule has 1 aromatic carbocycles. The molecule has 0 aliphatic heterocycles. The Hall–Kier alpha value is -0.960. The second kappa shape index (κ2) is 4.73. The Kier molecular flexibility index (Phi) is 3.48. The van der Waals surface area contributed by atoms with Crippen molar-refractivity contribution in [3.8, 4) is 0 Å². The first-order valence-corrected chi connectivity index (χ1v) is 6.21. The maximum atomic E-state index is 13.8. The molecule has 0 heterocycles. The average molecular weight is 239 g/mol. The molecule has 1 aromatic rings. The maximum Gasteiger partial charge on any atom is 0.162 e. The van der Waals surface area contributed by atoms with Crippen molar-refractivity contribution in [1.29, 1.82) is 0 Å². The molecule has 0 radical (unpaired) electrons.